The third-order valence-electron chi connectivity index (χ3n) is 3.20. The average molecular weight is 269 g/mol. The Balaban J connectivity index is 1.86. The van der Waals surface area contributed by atoms with Crippen LogP contribution < -0.4 is 5.73 Å². The molecule has 2 heterocycles. The van der Waals surface area contributed by atoms with Crippen LogP contribution in [0.25, 0.3) is 10.2 Å². The second kappa shape index (κ2) is 5.07. The SMILES string of the molecule is Cc1cnccc1C(N)Cc1nc2ccccc2s1. The van der Waals surface area contributed by atoms with Crippen molar-refractivity contribution in [1.29, 1.82) is 0 Å². The predicted octanol–water partition coefficient (Wildman–Crippen LogP) is 3.24. The van der Waals surface area contributed by atoms with Gasteiger partial charge >= 0.3 is 0 Å². The van der Waals surface area contributed by atoms with Gasteiger partial charge in [-0.25, -0.2) is 4.98 Å². The Bertz CT molecular complexity index is 672. The van der Waals surface area contributed by atoms with Gasteiger partial charge in [-0.2, -0.15) is 0 Å². The standard InChI is InChI=1S/C15H15N3S/c1-10-9-17-7-6-11(10)12(16)8-15-18-13-4-2-3-5-14(13)19-15/h2-7,9,12H,8,16H2,1H3. The lowest BCUT2D eigenvalue weighted by atomic mass is 10.0. The maximum atomic E-state index is 6.29. The summed E-state index contributed by atoms with van der Waals surface area (Å²) in [5, 5.41) is 1.09. The molecular weight excluding hydrogens is 254 g/mol. The first-order valence-corrected chi connectivity index (χ1v) is 7.06. The first-order valence-electron chi connectivity index (χ1n) is 6.24. The van der Waals surface area contributed by atoms with E-state index in [4.69, 9.17) is 5.73 Å². The normalized spacial score (nSPS) is 12.7. The fourth-order valence-electron chi connectivity index (χ4n) is 2.21. The number of fused-ring (bicyclic) bond motifs is 1. The highest BCUT2D eigenvalue weighted by Crippen LogP contribution is 2.25. The zero-order valence-corrected chi connectivity index (χ0v) is 11.5. The van der Waals surface area contributed by atoms with E-state index in [1.165, 1.54) is 4.70 Å². The number of nitrogens with zero attached hydrogens (tertiary/aromatic N) is 2. The fraction of sp³-hybridized carbons (Fsp3) is 0.200. The molecule has 0 aliphatic carbocycles. The minimum Gasteiger partial charge on any atom is -0.324 e. The van der Waals surface area contributed by atoms with Crippen LogP contribution in [0.15, 0.2) is 42.7 Å². The van der Waals surface area contributed by atoms with E-state index in [2.05, 4.69) is 16.0 Å². The lowest BCUT2D eigenvalue weighted by Crippen LogP contribution is -2.14. The topological polar surface area (TPSA) is 51.8 Å². The van der Waals surface area contributed by atoms with Crippen LogP contribution in [0.3, 0.4) is 0 Å². The fourth-order valence-corrected chi connectivity index (χ4v) is 3.23. The lowest BCUT2D eigenvalue weighted by Gasteiger charge is -2.12. The van der Waals surface area contributed by atoms with Crippen LogP contribution >= 0.6 is 11.3 Å². The third kappa shape index (κ3) is 2.50. The molecule has 0 fully saturated rings. The minimum atomic E-state index is -0.0245. The summed E-state index contributed by atoms with van der Waals surface area (Å²) in [6, 6.07) is 10.2. The Labute approximate surface area is 116 Å². The summed E-state index contributed by atoms with van der Waals surface area (Å²) in [5.74, 6) is 0. The van der Waals surface area contributed by atoms with Crippen LogP contribution in [-0.2, 0) is 6.42 Å². The maximum Gasteiger partial charge on any atom is 0.0957 e. The molecule has 0 saturated carbocycles. The predicted molar refractivity (Wildman–Crippen MR) is 79.2 cm³/mol. The van der Waals surface area contributed by atoms with Gasteiger partial charge in [0.25, 0.3) is 0 Å². The van der Waals surface area contributed by atoms with Crippen LogP contribution in [0.1, 0.15) is 22.2 Å². The van der Waals surface area contributed by atoms with Crippen molar-refractivity contribution in [1.82, 2.24) is 9.97 Å². The monoisotopic (exact) mass is 269 g/mol. The number of aromatic nitrogens is 2. The second-order valence-corrected chi connectivity index (χ2v) is 5.73. The summed E-state index contributed by atoms with van der Waals surface area (Å²) >= 11 is 1.72. The van der Waals surface area contributed by atoms with Gasteiger partial charge in [0.2, 0.25) is 0 Å². The number of hydrogen-bond acceptors (Lipinski definition) is 4. The van der Waals surface area contributed by atoms with Crippen LogP contribution in [0.4, 0.5) is 0 Å². The number of nitrogens with two attached hydrogens (primary N) is 1. The van der Waals surface area contributed by atoms with Crippen LogP contribution in [-0.4, -0.2) is 9.97 Å². The summed E-state index contributed by atoms with van der Waals surface area (Å²) in [4.78, 5) is 8.73. The molecule has 4 heteroatoms. The van der Waals surface area contributed by atoms with Crippen LogP contribution in [0, 0.1) is 6.92 Å². The minimum absolute atomic E-state index is 0.0245. The molecule has 0 amide bonds. The van der Waals surface area contributed by atoms with Gasteiger partial charge in [0.15, 0.2) is 0 Å². The third-order valence-corrected chi connectivity index (χ3v) is 4.25. The Hall–Kier alpha value is -1.78. The Morgan fingerprint density at radius 1 is 1.26 bits per heavy atom. The van der Waals surface area contributed by atoms with Crippen molar-refractivity contribution in [3.8, 4) is 0 Å². The van der Waals surface area contributed by atoms with Gasteiger partial charge < -0.3 is 5.73 Å². The molecule has 1 atom stereocenters. The Morgan fingerprint density at radius 2 is 2.11 bits per heavy atom. The van der Waals surface area contributed by atoms with E-state index in [-0.39, 0.29) is 6.04 Å². The summed E-state index contributed by atoms with van der Waals surface area (Å²) in [7, 11) is 0. The van der Waals surface area contributed by atoms with Crippen molar-refractivity contribution in [2.75, 3.05) is 0 Å². The van der Waals surface area contributed by atoms with Crippen molar-refractivity contribution in [3.05, 3.63) is 58.9 Å². The molecule has 19 heavy (non-hydrogen) atoms. The molecule has 2 aromatic heterocycles. The first-order chi connectivity index (χ1) is 9.24. The zero-order valence-electron chi connectivity index (χ0n) is 10.7. The number of rotatable bonds is 3. The highest BCUT2D eigenvalue weighted by Gasteiger charge is 2.12. The van der Waals surface area contributed by atoms with Gasteiger partial charge in [-0.3, -0.25) is 4.98 Å². The van der Waals surface area contributed by atoms with Gasteiger partial charge in [-0.1, -0.05) is 12.1 Å². The molecule has 0 bridgehead atoms. The van der Waals surface area contributed by atoms with Crippen molar-refractivity contribution < 1.29 is 0 Å². The van der Waals surface area contributed by atoms with Gasteiger partial charge in [-0.15, -0.1) is 11.3 Å². The molecule has 3 nitrogen and oxygen atoms in total. The van der Waals surface area contributed by atoms with Crippen LogP contribution in [0.2, 0.25) is 0 Å². The summed E-state index contributed by atoms with van der Waals surface area (Å²) in [6.45, 7) is 2.04. The molecule has 0 aliphatic rings. The van der Waals surface area contributed by atoms with E-state index in [0.29, 0.717) is 0 Å². The molecule has 3 aromatic rings. The largest absolute Gasteiger partial charge is 0.324 e. The average Bonchev–Trinajstić information content (AvgIpc) is 2.81. The summed E-state index contributed by atoms with van der Waals surface area (Å²) in [6.07, 6.45) is 4.41. The van der Waals surface area contributed by atoms with E-state index in [9.17, 15) is 0 Å². The number of thiazole rings is 1. The summed E-state index contributed by atoms with van der Waals surface area (Å²) in [5.41, 5.74) is 9.63. The van der Waals surface area contributed by atoms with Crippen molar-refractivity contribution >= 4 is 21.6 Å². The van der Waals surface area contributed by atoms with Crippen molar-refractivity contribution in [3.63, 3.8) is 0 Å². The number of hydrogen-bond donors (Lipinski definition) is 1. The molecule has 0 aliphatic heterocycles. The van der Waals surface area contributed by atoms with E-state index >= 15 is 0 Å². The molecule has 0 saturated heterocycles. The molecular formula is C15H15N3S. The number of aryl methyl sites for hydroxylation is 1. The van der Waals surface area contributed by atoms with Gasteiger partial charge in [0, 0.05) is 24.9 Å². The number of pyridine rings is 1. The number of benzene rings is 1. The molecule has 3 rings (SSSR count). The van der Waals surface area contributed by atoms with E-state index < -0.39 is 0 Å². The smallest absolute Gasteiger partial charge is 0.0957 e. The van der Waals surface area contributed by atoms with Crippen molar-refractivity contribution in [2.24, 2.45) is 5.73 Å². The zero-order chi connectivity index (χ0) is 13.2. The van der Waals surface area contributed by atoms with E-state index in [1.807, 2.05) is 37.4 Å². The highest BCUT2D eigenvalue weighted by molar-refractivity contribution is 7.18. The number of para-hydroxylation sites is 1. The molecule has 1 unspecified atom stereocenters. The Morgan fingerprint density at radius 3 is 2.89 bits per heavy atom. The Kier molecular flexibility index (Phi) is 3.27. The first kappa shape index (κ1) is 12.3. The molecule has 2 N–H and O–H groups in total. The molecule has 1 aromatic carbocycles. The highest BCUT2D eigenvalue weighted by atomic mass is 32.1. The molecule has 96 valence electrons. The molecule has 0 spiro atoms. The summed E-state index contributed by atoms with van der Waals surface area (Å²) < 4.78 is 1.22. The van der Waals surface area contributed by atoms with Gasteiger partial charge in [0.05, 0.1) is 15.2 Å². The maximum absolute atomic E-state index is 6.29. The van der Waals surface area contributed by atoms with Crippen LogP contribution in [0.5, 0.6) is 0 Å². The van der Waals surface area contributed by atoms with Gasteiger partial charge in [-0.05, 0) is 36.2 Å². The molecule has 0 radical (unpaired) electrons. The van der Waals surface area contributed by atoms with Gasteiger partial charge in [0.1, 0.15) is 0 Å². The quantitative estimate of drug-likeness (QED) is 0.794. The van der Waals surface area contributed by atoms with E-state index in [0.717, 1.165) is 28.1 Å². The lowest BCUT2D eigenvalue weighted by molar-refractivity contribution is 0.712. The van der Waals surface area contributed by atoms with Crippen molar-refractivity contribution in [2.45, 2.75) is 19.4 Å². The second-order valence-electron chi connectivity index (χ2n) is 4.62. The van der Waals surface area contributed by atoms with E-state index in [1.54, 1.807) is 17.5 Å².